The van der Waals surface area contributed by atoms with Gasteiger partial charge < -0.3 is 15.0 Å². The number of rotatable bonds is 2. The molecule has 20 heavy (non-hydrogen) atoms. The number of piperidine rings is 1. The Balaban J connectivity index is 1.47. The van der Waals surface area contributed by atoms with Crippen molar-refractivity contribution in [1.29, 1.82) is 0 Å². The second kappa shape index (κ2) is 5.73. The molecule has 4 heteroatoms. The van der Waals surface area contributed by atoms with Crippen LogP contribution in [0.5, 0.6) is 5.75 Å². The summed E-state index contributed by atoms with van der Waals surface area (Å²) in [7, 11) is 0. The van der Waals surface area contributed by atoms with Crippen LogP contribution in [0.2, 0.25) is 0 Å². The van der Waals surface area contributed by atoms with E-state index >= 15 is 0 Å². The average Bonchev–Trinajstić information content (AvgIpc) is 2.87. The summed E-state index contributed by atoms with van der Waals surface area (Å²) in [5.74, 6) is 1.57. The van der Waals surface area contributed by atoms with Crippen molar-refractivity contribution in [2.24, 2.45) is 5.92 Å². The molecular weight excluding hydrogens is 252 g/mol. The second-order valence-corrected chi connectivity index (χ2v) is 5.93. The van der Waals surface area contributed by atoms with Crippen molar-refractivity contribution >= 4 is 6.03 Å². The van der Waals surface area contributed by atoms with Crippen LogP contribution in [0.1, 0.15) is 25.3 Å². The molecule has 0 saturated carbocycles. The van der Waals surface area contributed by atoms with Gasteiger partial charge >= 0.3 is 6.03 Å². The van der Waals surface area contributed by atoms with Gasteiger partial charge in [0, 0.05) is 19.5 Å². The molecule has 0 spiro atoms. The molecule has 2 amide bonds. The van der Waals surface area contributed by atoms with Gasteiger partial charge in [-0.1, -0.05) is 25.1 Å². The normalized spacial score (nSPS) is 24.9. The van der Waals surface area contributed by atoms with Gasteiger partial charge in [0.15, 0.2) is 0 Å². The van der Waals surface area contributed by atoms with Crippen molar-refractivity contribution in [2.45, 2.75) is 32.3 Å². The molecule has 1 fully saturated rings. The Morgan fingerprint density at radius 2 is 2.30 bits per heavy atom. The number of nitrogens with one attached hydrogen (secondary N) is 1. The maximum atomic E-state index is 12.1. The Morgan fingerprint density at radius 1 is 1.45 bits per heavy atom. The number of urea groups is 1. The van der Waals surface area contributed by atoms with E-state index in [-0.39, 0.29) is 12.1 Å². The predicted molar refractivity (Wildman–Crippen MR) is 77.9 cm³/mol. The van der Waals surface area contributed by atoms with E-state index in [0.29, 0.717) is 12.5 Å². The van der Waals surface area contributed by atoms with Crippen molar-refractivity contribution in [3.63, 3.8) is 0 Å². The zero-order chi connectivity index (χ0) is 13.9. The molecule has 2 heterocycles. The summed E-state index contributed by atoms with van der Waals surface area (Å²) in [6, 6.07) is 8.14. The van der Waals surface area contributed by atoms with Crippen molar-refractivity contribution in [2.75, 3.05) is 19.6 Å². The summed E-state index contributed by atoms with van der Waals surface area (Å²) in [5.41, 5.74) is 1.23. The van der Waals surface area contributed by atoms with E-state index in [4.69, 9.17) is 4.74 Å². The van der Waals surface area contributed by atoms with Gasteiger partial charge in [-0.15, -0.1) is 0 Å². The molecule has 0 radical (unpaired) electrons. The summed E-state index contributed by atoms with van der Waals surface area (Å²) in [4.78, 5) is 14.1. The van der Waals surface area contributed by atoms with Crippen LogP contribution in [0, 0.1) is 5.92 Å². The number of likely N-dealkylation sites (tertiary alicyclic amines) is 1. The number of ether oxygens (including phenoxy) is 1. The van der Waals surface area contributed by atoms with E-state index in [1.807, 2.05) is 23.1 Å². The highest BCUT2D eigenvalue weighted by atomic mass is 16.5. The van der Waals surface area contributed by atoms with Gasteiger partial charge in [-0.25, -0.2) is 4.79 Å². The molecule has 2 atom stereocenters. The lowest BCUT2D eigenvalue weighted by Gasteiger charge is -2.31. The first-order valence-electron chi connectivity index (χ1n) is 7.49. The number of benzene rings is 1. The number of hydrogen-bond acceptors (Lipinski definition) is 2. The van der Waals surface area contributed by atoms with Gasteiger partial charge in [-0.05, 0) is 30.4 Å². The Bertz CT molecular complexity index is 464. The van der Waals surface area contributed by atoms with Crippen LogP contribution in [0.4, 0.5) is 4.79 Å². The minimum Gasteiger partial charge on any atom is -0.488 e. The monoisotopic (exact) mass is 274 g/mol. The fraction of sp³-hybridized carbons (Fsp3) is 0.562. The van der Waals surface area contributed by atoms with Crippen LogP contribution < -0.4 is 10.1 Å². The molecule has 108 valence electrons. The van der Waals surface area contributed by atoms with E-state index in [1.165, 1.54) is 12.0 Å². The lowest BCUT2D eigenvalue weighted by atomic mass is 10.0. The molecule has 1 aromatic rings. The molecule has 3 rings (SSSR count). The first-order valence-corrected chi connectivity index (χ1v) is 7.49. The fourth-order valence-corrected chi connectivity index (χ4v) is 3.05. The van der Waals surface area contributed by atoms with Crippen LogP contribution >= 0.6 is 0 Å². The first kappa shape index (κ1) is 13.3. The Morgan fingerprint density at radius 3 is 3.10 bits per heavy atom. The number of amides is 2. The summed E-state index contributed by atoms with van der Waals surface area (Å²) in [6.07, 6.45) is 3.29. The Labute approximate surface area is 120 Å². The van der Waals surface area contributed by atoms with E-state index in [2.05, 4.69) is 18.3 Å². The van der Waals surface area contributed by atoms with Crippen molar-refractivity contribution in [1.82, 2.24) is 10.2 Å². The van der Waals surface area contributed by atoms with E-state index < -0.39 is 0 Å². The quantitative estimate of drug-likeness (QED) is 0.900. The number of hydrogen-bond donors (Lipinski definition) is 1. The van der Waals surface area contributed by atoms with Gasteiger partial charge in [0.05, 0.1) is 6.54 Å². The first-order chi connectivity index (χ1) is 9.72. The van der Waals surface area contributed by atoms with Crippen LogP contribution in [0.3, 0.4) is 0 Å². The topological polar surface area (TPSA) is 41.6 Å². The third kappa shape index (κ3) is 2.89. The molecule has 2 aliphatic rings. The highest BCUT2D eigenvalue weighted by molar-refractivity contribution is 5.74. The lowest BCUT2D eigenvalue weighted by molar-refractivity contribution is 0.162. The third-order valence-electron chi connectivity index (χ3n) is 4.14. The lowest BCUT2D eigenvalue weighted by Crippen LogP contribution is -2.47. The van der Waals surface area contributed by atoms with Gasteiger partial charge in [0.1, 0.15) is 11.9 Å². The smallest absolute Gasteiger partial charge is 0.317 e. The number of fused-ring (bicyclic) bond motifs is 1. The maximum Gasteiger partial charge on any atom is 0.317 e. The summed E-state index contributed by atoms with van der Waals surface area (Å²) >= 11 is 0. The van der Waals surface area contributed by atoms with Crippen LogP contribution in [-0.2, 0) is 6.42 Å². The molecule has 1 N–H and O–H groups in total. The summed E-state index contributed by atoms with van der Waals surface area (Å²) in [5, 5.41) is 3.01. The zero-order valence-corrected chi connectivity index (χ0v) is 12.0. The molecule has 1 saturated heterocycles. The minimum atomic E-state index is 0.0520. The van der Waals surface area contributed by atoms with Crippen molar-refractivity contribution in [3.05, 3.63) is 29.8 Å². The number of carbonyl (C=O) groups is 1. The van der Waals surface area contributed by atoms with Crippen LogP contribution in [0.25, 0.3) is 0 Å². The molecule has 2 unspecified atom stereocenters. The maximum absolute atomic E-state index is 12.1. The van der Waals surface area contributed by atoms with E-state index in [9.17, 15) is 4.79 Å². The van der Waals surface area contributed by atoms with Gasteiger partial charge in [0.2, 0.25) is 0 Å². The molecule has 0 aliphatic carbocycles. The average molecular weight is 274 g/mol. The second-order valence-electron chi connectivity index (χ2n) is 5.93. The summed E-state index contributed by atoms with van der Waals surface area (Å²) < 4.78 is 5.83. The molecule has 2 aliphatic heterocycles. The number of carbonyl (C=O) groups excluding carboxylic acids is 1. The summed E-state index contributed by atoms with van der Waals surface area (Å²) in [6.45, 7) is 4.54. The molecule has 0 aromatic heterocycles. The van der Waals surface area contributed by atoms with Crippen molar-refractivity contribution < 1.29 is 9.53 Å². The minimum absolute atomic E-state index is 0.0520. The molecular formula is C16H22N2O2. The standard InChI is InChI=1S/C16H22N2O2/c1-12-5-4-8-18(11-12)16(19)17-10-14-9-13-6-2-3-7-15(13)20-14/h2-3,6-7,12,14H,4-5,8-11H2,1H3,(H,17,19). The SMILES string of the molecule is CC1CCCN(C(=O)NCC2Cc3ccccc3O2)C1. The Hall–Kier alpha value is -1.71. The molecule has 1 aromatic carbocycles. The fourth-order valence-electron chi connectivity index (χ4n) is 3.05. The van der Waals surface area contributed by atoms with Crippen molar-refractivity contribution in [3.8, 4) is 5.75 Å². The highest BCUT2D eigenvalue weighted by Crippen LogP contribution is 2.27. The zero-order valence-electron chi connectivity index (χ0n) is 12.0. The van der Waals surface area contributed by atoms with E-state index in [0.717, 1.165) is 31.7 Å². The largest absolute Gasteiger partial charge is 0.488 e. The highest BCUT2D eigenvalue weighted by Gasteiger charge is 2.25. The number of para-hydroxylation sites is 1. The van der Waals surface area contributed by atoms with Gasteiger partial charge in [0.25, 0.3) is 0 Å². The van der Waals surface area contributed by atoms with Crippen LogP contribution in [-0.4, -0.2) is 36.7 Å². The third-order valence-corrected chi connectivity index (χ3v) is 4.14. The molecule has 4 nitrogen and oxygen atoms in total. The number of nitrogens with zero attached hydrogens (tertiary/aromatic N) is 1. The van der Waals surface area contributed by atoms with E-state index in [1.54, 1.807) is 0 Å². The Kier molecular flexibility index (Phi) is 3.81. The van der Waals surface area contributed by atoms with Crippen LogP contribution in [0.15, 0.2) is 24.3 Å². The molecule has 0 bridgehead atoms. The van der Waals surface area contributed by atoms with Gasteiger partial charge in [-0.3, -0.25) is 0 Å². The predicted octanol–water partition coefficient (Wildman–Crippen LogP) is 2.43. The van der Waals surface area contributed by atoms with Gasteiger partial charge in [-0.2, -0.15) is 0 Å².